The molecule has 7 heteroatoms. The quantitative estimate of drug-likeness (QED) is 0.351. The molecule has 0 bridgehead atoms. The van der Waals surface area contributed by atoms with Crippen molar-refractivity contribution in [2.75, 3.05) is 17.8 Å². The summed E-state index contributed by atoms with van der Waals surface area (Å²) in [6.45, 7) is 2.45. The average molecular weight is 436 g/mol. The number of hydrogen-bond donors (Lipinski definition) is 0. The molecule has 0 aliphatic rings. The molecule has 30 heavy (non-hydrogen) atoms. The Hall–Kier alpha value is -2.90. The monoisotopic (exact) mass is 435 g/mol. The smallest absolute Gasteiger partial charge is 0.260 e. The zero-order valence-corrected chi connectivity index (χ0v) is 18.4. The lowest BCUT2D eigenvalue weighted by Gasteiger charge is -2.20. The number of carbonyl (C=O) groups excluding carboxylic acids is 1. The SMILES string of the molecule is CCSc1cccc(C(=O)N(Cc2ccccn2)c2nc3cc(OC)ccc3s2)c1. The van der Waals surface area contributed by atoms with Crippen LogP contribution in [0.4, 0.5) is 5.13 Å². The molecule has 0 aliphatic carbocycles. The van der Waals surface area contributed by atoms with E-state index >= 15 is 0 Å². The predicted octanol–water partition coefficient (Wildman–Crippen LogP) is 5.66. The number of benzene rings is 2. The molecular formula is C23H21N3O2S2. The van der Waals surface area contributed by atoms with E-state index < -0.39 is 0 Å². The average Bonchev–Trinajstić information content (AvgIpc) is 3.21. The van der Waals surface area contributed by atoms with Crippen LogP contribution in [0.1, 0.15) is 23.0 Å². The minimum Gasteiger partial charge on any atom is -0.497 e. The first-order valence-electron chi connectivity index (χ1n) is 9.57. The summed E-state index contributed by atoms with van der Waals surface area (Å²) < 4.78 is 6.31. The van der Waals surface area contributed by atoms with E-state index in [1.165, 1.54) is 11.3 Å². The van der Waals surface area contributed by atoms with Gasteiger partial charge in [-0.3, -0.25) is 14.7 Å². The van der Waals surface area contributed by atoms with Gasteiger partial charge in [-0.05, 0) is 48.2 Å². The Bertz CT molecular complexity index is 1160. The number of pyridine rings is 1. The Morgan fingerprint density at radius 1 is 1.13 bits per heavy atom. The summed E-state index contributed by atoms with van der Waals surface area (Å²) in [6.07, 6.45) is 1.74. The highest BCUT2D eigenvalue weighted by Gasteiger charge is 2.22. The van der Waals surface area contributed by atoms with E-state index in [0.717, 1.165) is 32.3 Å². The molecule has 0 atom stereocenters. The minimum absolute atomic E-state index is 0.0924. The van der Waals surface area contributed by atoms with Gasteiger partial charge in [0.05, 0.1) is 29.6 Å². The molecule has 2 aromatic carbocycles. The fourth-order valence-corrected chi connectivity index (χ4v) is 4.72. The van der Waals surface area contributed by atoms with E-state index in [4.69, 9.17) is 9.72 Å². The largest absolute Gasteiger partial charge is 0.497 e. The predicted molar refractivity (Wildman–Crippen MR) is 124 cm³/mol. The standard InChI is InChI=1S/C23H21N3O2S2/c1-3-29-19-9-6-7-16(13-19)22(27)26(15-17-8-4-5-12-24-17)23-25-20-14-18(28-2)10-11-21(20)30-23/h4-14H,3,15H2,1-2H3. The maximum absolute atomic E-state index is 13.5. The van der Waals surface area contributed by atoms with E-state index in [9.17, 15) is 4.79 Å². The summed E-state index contributed by atoms with van der Waals surface area (Å²) in [7, 11) is 1.63. The lowest BCUT2D eigenvalue weighted by molar-refractivity contribution is 0.0984. The van der Waals surface area contributed by atoms with Crippen molar-refractivity contribution >= 4 is 44.4 Å². The van der Waals surface area contributed by atoms with Crippen LogP contribution in [0.3, 0.4) is 0 Å². The van der Waals surface area contributed by atoms with Gasteiger partial charge in [-0.1, -0.05) is 30.4 Å². The molecule has 4 rings (SSSR count). The van der Waals surface area contributed by atoms with Crippen molar-refractivity contribution in [1.82, 2.24) is 9.97 Å². The van der Waals surface area contributed by atoms with Gasteiger partial charge in [-0.25, -0.2) is 4.98 Å². The molecule has 0 fully saturated rings. The van der Waals surface area contributed by atoms with Gasteiger partial charge >= 0.3 is 0 Å². The van der Waals surface area contributed by atoms with Gasteiger partial charge in [-0.2, -0.15) is 0 Å². The van der Waals surface area contributed by atoms with Crippen molar-refractivity contribution in [3.8, 4) is 5.75 Å². The molecule has 0 radical (unpaired) electrons. The number of methoxy groups -OCH3 is 1. The number of ether oxygens (including phenoxy) is 1. The van der Waals surface area contributed by atoms with Gasteiger partial charge in [0.25, 0.3) is 5.91 Å². The van der Waals surface area contributed by atoms with Crippen LogP contribution in [0.25, 0.3) is 10.2 Å². The number of anilines is 1. The Balaban J connectivity index is 1.74. The van der Waals surface area contributed by atoms with Crippen LogP contribution in [-0.4, -0.2) is 28.7 Å². The van der Waals surface area contributed by atoms with Gasteiger partial charge in [-0.15, -0.1) is 11.8 Å². The first-order valence-corrected chi connectivity index (χ1v) is 11.4. The number of thiazole rings is 1. The van der Waals surface area contributed by atoms with Crippen molar-refractivity contribution in [3.05, 3.63) is 78.1 Å². The number of fused-ring (bicyclic) bond motifs is 1. The third-order valence-corrected chi connectivity index (χ3v) is 6.43. The maximum Gasteiger partial charge on any atom is 0.260 e. The summed E-state index contributed by atoms with van der Waals surface area (Å²) in [5.41, 5.74) is 2.26. The van der Waals surface area contributed by atoms with Crippen LogP contribution >= 0.6 is 23.1 Å². The number of carbonyl (C=O) groups is 1. The second-order valence-electron chi connectivity index (χ2n) is 6.50. The number of nitrogens with zero attached hydrogens (tertiary/aromatic N) is 3. The molecule has 4 aromatic rings. The van der Waals surface area contributed by atoms with E-state index in [1.54, 1.807) is 30.0 Å². The fraction of sp³-hybridized carbons (Fsp3) is 0.174. The minimum atomic E-state index is -0.0924. The summed E-state index contributed by atoms with van der Waals surface area (Å²) in [4.78, 5) is 25.5. The third kappa shape index (κ3) is 4.47. The van der Waals surface area contributed by atoms with Crippen molar-refractivity contribution < 1.29 is 9.53 Å². The highest BCUT2D eigenvalue weighted by atomic mass is 32.2. The third-order valence-electron chi connectivity index (χ3n) is 4.50. The molecule has 0 aliphatic heterocycles. The van der Waals surface area contributed by atoms with Crippen LogP contribution in [0.2, 0.25) is 0 Å². The second-order valence-corrected chi connectivity index (χ2v) is 8.85. The van der Waals surface area contributed by atoms with Gasteiger partial charge in [0.2, 0.25) is 0 Å². The molecule has 152 valence electrons. The fourth-order valence-electron chi connectivity index (χ4n) is 3.06. The van der Waals surface area contributed by atoms with Crippen LogP contribution in [0, 0.1) is 0 Å². The van der Waals surface area contributed by atoms with Gasteiger partial charge < -0.3 is 4.74 Å². The molecule has 0 saturated heterocycles. The Morgan fingerprint density at radius 3 is 2.80 bits per heavy atom. The molecule has 0 saturated carbocycles. The van der Waals surface area contributed by atoms with Crippen LogP contribution in [0.5, 0.6) is 5.75 Å². The van der Waals surface area contributed by atoms with E-state index in [2.05, 4.69) is 11.9 Å². The molecule has 0 spiro atoms. The normalized spacial score (nSPS) is 10.9. The Morgan fingerprint density at radius 2 is 2.03 bits per heavy atom. The van der Waals surface area contributed by atoms with Crippen molar-refractivity contribution in [2.24, 2.45) is 0 Å². The lowest BCUT2D eigenvalue weighted by atomic mass is 10.2. The van der Waals surface area contributed by atoms with Crippen LogP contribution in [-0.2, 0) is 6.54 Å². The Kier molecular flexibility index (Phi) is 6.30. The zero-order chi connectivity index (χ0) is 20.9. The van der Waals surface area contributed by atoms with Crippen molar-refractivity contribution in [3.63, 3.8) is 0 Å². The topological polar surface area (TPSA) is 55.3 Å². The van der Waals surface area contributed by atoms with Crippen LogP contribution in [0.15, 0.2) is 71.8 Å². The van der Waals surface area contributed by atoms with Crippen molar-refractivity contribution in [2.45, 2.75) is 18.4 Å². The molecule has 0 unspecified atom stereocenters. The lowest BCUT2D eigenvalue weighted by Crippen LogP contribution is -2.30. The van der Waals surface area contributed by atoms with Gasteiger partial charge in [0.1, 0.15) is 5.75 Å². The summed E-state index contributed by atoms with van der Waals surface area (Å²) in [5, 5.41) is 0.641. The molecule has 5 nitrogen and oxygen atoms in total. The number of thioether (sulfide) groups is 1. The first-order chi connectivity index (χ1) is 14.7. The molecule has 2 aromatic heterocycles. The summed E-state index contributed by atoms with van der Waals surface area (Å²) in [6, 6.07) is 19.2. The van der Waals surface area contributed by atoms with E-state index in [0.29, 0.717) is 17.2 Å². The summed E-state index contributed by atoms with van der Waals surface area (Å²) in [5.74, 6) is 1.60. The van der Waals surface area contributed by atoms with E-state index in [1.807, 2.05) is 60.7 Å². The maximum atomic E-state index is 13.5. The number of amides is 1. The zero-order valence-electron chi connectivity index (χ0n) is 16.7. The van der Waals surface area contributed by atoms with Gasteiger partial charge in [0, 0.05) is 22.7 Å². The van der Waals surface area contributed by atoms with Gasteiger partial charge in [0.15, 0.2) is 5.13 Å². The summed E-state index contributed by atoms with van der Waals surface area (Å²) >= 11 is 3.20. The number of hydrogen-bond acceptors (Lipinski definition) is 6. The second kappa shape index (κ2) is 9.28. The van der Waals surface area contributed by atoms with Crippen LogP contribution < -0.4 is 9.64 Å². The highest BCUT2D eigenvalue weighted by molar-refractivity contribution is 7.99. The first kappa shape index (κ1) is 20.4. The Labute approximate surface area is 183 Å². The molecular weight excluding hydrogens is 414 g/mol. The molecule has 2 heterocycles. The number of aromatic nitrogens is 2. The highest BCUT2D eigenvalue weighted by Crippen LogP contribution is 2.33. The molecule has 0 N–H and O–H groups in total. The number of rotatable bonds is 7. The molecule has 1 amide bonds. The van der Waals surface area contributed by atoms with E-state index in [-0.39, 0.29) is 5.91 Å². The van der Waals surface area contributed by atoms with Crippen molar-refractivity contribution in [1.29, 1.82) is 0 Å².